The SMILES string of the molecule is CCCn1c(-c2ccc(N)s2)nc2cccc(Cl)c21. The van der Waals surface area contributed by atoms with E-state index in [1.54, 1.807) is 11.3 Å². The van der Waals surface area contributed by atoms with Gasteiger partial charge in [-0.3, -0.25) is 0 Å². The molecule has 0 saturated carbocycles. The van der Waals surface area contributed by atoms with Crippen molar-refractivity contribution in [3.05, 3.63) is 35.4 Å². The molecule has 0 bridgehead atoms. The molecular weight excluding hydrogens is 278 g/mol. The molecule has 0 unspecified atom stereocenters. The number of nitrogens with two attached hydrogens (primary N) is 1. The molecule has 0 saturated heterocycles. The molecule has 0 fully saturated rings. The summed E-state index contributed by atoms with van der Waals surface area (Å²) in [5.74, 6) is 0.951. The third kappa shape index (κ3) is 2.11. The van der Waals surface area contributed by atoms with E-state index in [0.717, 1.165) is 44.7 Å². The second-order valence-corrected chi connectivity index (χ2v) is 5.92. The number of imidazole rings is 1. The van der Waals surface area contributed by atoms with E-state index in [0.29, 0.717) is 0 Å². The number of rotatable bonds is 3. The van der Waals surface area contributed by atoms with Gasteiger partial charge in [0.1, 0.15) is 0 Å². The Bertz CT molecular complexity index is 729. The van der Waals surface area contributed by atoms with Gasteiger partial charge in [0.15, 0.2) is 5.82 Å². The van der Waals surface area contributed by atoms with Crippen molar-refractivity contribution in [1.29, 1.82) is 0 Å². The fraction of sp³-hybridized carbons (Fsp3) is 0.214. The zero-order valence-corrected chi connectivity index (χ0v) is 12.1. The highest BCUT2D eigenvalue weighted by Crippen LogP contribution is 2.34. The number of aryl methyl sites for hydroxylation is 1. The van der Waals surface area contributed by atoms with Crippen LogP contribution in [0.1, 0.15) is 13.3 Å². The van der Waals surface area contributed by atoms with E-state index in [-0.39, 0.29) is 0 Å². The van der Waals surface area contributed by atoms with Gasteiger partial charge in [0.25, 0.3) is 0 Å². The van der Waals surface area contributed by atoms with Gasteiger partial charge in [0, 0.05) is 6.54 Å². The number of hydrogen-bond donors (Lipinski definition) is 1. The summed E-state index contributed by atoms with van der Waals surface area (Å²) >= 11 is 7.88. The van der Waals surface area contributed by atoms with Gasteiger partial charge in [-0.1, -0.05) is 24.6 Å². The Morgan fingerprint density at radius 1 is 1.32 bits per heavy atom. The Balaban J connectivity index is 2.29. The van der Waals surface area contributed by atoms with Crippen LogP contribution >= 0.6 is 22.9 Å². The second-order valence-electron chi connectivity index (χ2n) is 4.40. The molecule has 5 heteroatoms. The highest BCUT2D eigenvalue weighted by molar-refractivity contribution is 7.19. The summed E-state index contributed by atoms with van der Waals surface area (Å²) in [5.41, 5.74) is 7.76. The molecule has 2 heterocycles. The zero-order chi connectivity index (χ0) is 13.4. The van der Waals surface area contributed by atoms with Gasteiger partial charge in [-0.25, -0.2) is 4.98 Å². The predicted molar refractivity (Wildman–Crippen MR) is 82.8 cm³/mol. The molecule has 1 aromatic carbocycles. The van der Waals surface area contributed by atoms with Crippen LogP contribution < -0.4 is 5.73 Å². The third-order valence-corrected chi connectivity index (χ3v) is 4.23. The molecule has 2 aromatic heterocycles. The minimum atomic E-state index is 0.745. The lowest BCUT2D eigenvalue weighted by atomic mass is 10.3. The van der Waals surface area contributed by atoms with Crippen LogP contribution in [0.2, 0.25) is 5.02 Å². The monoisotopic (exact) mass is 291 g/mol. The number of halogens is 1. The zero-order valence-electron chi connectivity index (χ0n) is 10.6. The van der Waals surface area contributed by atoms with Gasteiger partial charge >= 0.3 is 0 Å². The first kappa shape index (κ1) is 12.5. The van der Waals surface area contributed by atoms with Crippen LogP contribution in [-0.4, -0.2) is 9.55 Å². The Kier molecular flexibility index (Phi) is 3.21. The lowest BCUT2D eigenvalue weighted by Gasteiger charge is -2.07. The number of benzene rings is 1. The van der Waals surface area contributed by atoms with Gasteiger partial charge < -0.3 is 10.3 Å². The van der Waals surface area contributed by atoms with Crippen LogP contribution in [0.4, 0.5) is 5.00 Å². The van der Waals surface area contributed by atoms with Gasteiger partial charge in [0.2, 0.25) is 0 Å². The van der Waals surface area contributed by atoms with Gasteiger partial charge in [0.05, 0.1) is 25.9 Å². The van der Waals surface area contributed by atoms with Gasteiger partial charge in [-0.15, -0.1) is 11.3 Å². The van der Waals surface area contributed by atoms with Crippen LogP contribution in [0.15, 0.2) is 30.3 Å². The van der Waals surface area contributed by atoms with Crippen molar-refractivity contribution in [2.24, 2.45) is 0 Å². The van der Waals surface area contributed by atoms with Crippen LogP contribution in [-0.2, 0) is 6.54 Å². The fourth-order valence-corrected chi connectivity index (χ4v) is 3.29. The van der Waals surface area contributed by atoms with Crippen LogP contribution in [0, 0.1) is 0 Å². The molecule has 3 nitrogen and oxygen atoms in total. The van der Waals surface area contributed by atoms with Crippen molar-refractivity contribution in [3.8, 4) is 10.7 Å². The van der Waals surface area contributed by atoms with Crippen LogP contribution in [0.25, 0.3) is 21.7 Å². The Labute approximate surface area is 120 Å². The largest absolute Gasteiger partial charge is 0.391 e. The maximum Gasteiger partial charge on any atom is 0.151 e. The van der Waals surface area contributed by atoms with E-state index in [4.69, 9.17) is 22.3 Å². The molecular formula is C14H14ClN3S. The van der Waals surface area contributed by atoms with Crippen molar-refractivity contribution in [3.63, 3.8) is 0 Å². The Morgan fingerprint density at radius 2 is 2.16 bits per heavy atom. The summed E-state index contributed by atoms with van der Waals surface area (Å²) in [5, 5.41) is 1.55. The molecule has 98 valence electrons. The summed E-state index contributed by atoms with van der Waals surface area (Å²) in [7, 11) is 0. The summed E-state index contributed by atoms with van der Waals surface area (Å²) in [6.45, 7) is 3.04. The first-order valence-corrected chi connectivity index (χ1v) is 7.40. The first-order chi connectivity index (χ1) is 9.20. The van der Waals surface area contributed by atoms with E-state index in [2.05, 4.69) is 11.5 Å². The normalized spacial score (nSPS) is 11.3. The topological polar surface area (TPSA) is 43.8 Å². The molecule has 3 aromatic rings. The summed E-state index contributed by atoms with van der Waals surface area (Å²) in [6.07, 6.45) is 1.03. The van der Waals surface area contributed by atoms with Crippen molar-refractivity contribution < 1.29 is 0 Å². The molecule has 0 atom stereocenters. The number of anilines is 1. The van der Waals surface area contributed by atoms with Crippen molar-refractivity contribution in [1.82, 2.24) is 9.55 Å². The molecule has 0 amide bonds. The maximum absolute atomic E-state index is 6.32. The van der Waals surface area contributed by atoms with Crippen molar-refractivity contribution >= 4 is 39.0 Å². The Morgan fingerprint density at radius 3 is 2.84 bits per heavy atom. The summed E-state index contributed by atoms with van der Waals surface area (Å²) < 4.78 is 2.18. The molecule has 3 rings (SSSR count). The summed E-state index contributed by atoms with van der Waals surface area (Å²) in [6, 6.07) is 9.76. The molecule has 0 aliphatic carbocycles. The molecule has 0 radical (unpaired) electrons. The summed E-state index contributed by atoms with van der Waals surface area (Å²) in [4.78, 5) is 5.79. The van der Waals surface area contributed by atoms with E-state index in [9.17, 15) is 0 Å². The quantitative estimate of drug-likeness (QED) is 0.777. The van der Waals surface area contributed by atoms with E-state index in [1.807, 2.05) is 30.3 Å². The average Bonchev–Trinajstić information content (AvgIpc) is 2.95. The molecule has 19 heavy (non-hydrogen) atoms. The van der Waals surface area contributed by atoms with E-state index < -0.39 is 0 Å². The van der Waals surface area contributed by atoms with Gasteiger partial charge in [-0.2, -0.15) is 0 Å². The first-order valence-electron chi connectivity index (χ1n) is 6.21. The number of nitrogen functional groups attached to an aromatic ring is 1. The average molecular weight is 292 g/mol. The van der Waals surface area contributed by atoms with Crippen molar-refractivity contribution in [2.75, 3.05) is 5.73 Å². The lowest BCUT2D eigenvalue weighted by molar-refractivity contribution is 0.705. The number of thiophene rings is 1. The number of nitrogens with zero attached hydrogens (tertiary/aromatic N) is 2. The smallest absolute Gasteiger partial charge is 0.151 e. The number of para-hydroxylation sites is 1. The highest BCUT2D eigenvalue weighted by Gasteiger charge is 2.15. The minimum Gasteiger partial charge on any atom is -0.391 e. The van der Waals surface area contributed by atoms with Crippen LogP contribution in [0.5, 0.6) is 0 Å². The third-order valence-electron chi connectivity index (χ3n) is 3.01. The number of aromatic nitrogens is 2. The van der Waals surface area contributed by atoms with Crippen LogP contribution in [0.3, 0.4) is 0 Å². The standard InChI is InChI=1S/C14H14ClN3S/c1-2-8-18-13-9(15)4-3-5-10(13)17-14(18)11-6-7-12(16)19-11/h3-7H,2,8,16H2,1H3. The number of hydrogen-bond acceptors (Lipinski definition) is 3. The van der Waals surface area contributed by atoms with E-state index >= 15 is 0 Å². The molecule has 0 spiro atoms. The highest BCUT2D eigenvalue weighted by atomic mass is 35.5. The Hall–Kier alpha value is -1.52. The fourth-order valence-electron chi connectivity index (χ4n) is 2.24. The molecule has 0 aliphatic heterocycles. The molecule has 0 aliphatic rings. The number of fused-ring (bicyclic) bond motifs is 1. The molecule has 2 N–H and O–H groups in total. The van der Waals surface area contributed by atoms with E-state index in [1.165, 1.54) is 0 Å². The lowest BCUT2D eigenvalue weighted by Crippen LogP contribution is -1.99. The minimum absolute atomic E-state index is 0.745. The van der Waals surface area contributed by atoms with Crippen molar-refractivity contribution in [2.45, 2.75) is 19.9 Å². The van der Waals surface area contributed by atoms with Gasteiger partial charge in [-0.05, 0) is 30.7 Å². The predicted octanol–water partition coefficient (Wildman–Crippen LogP) is 4.41. The maximum atomic E-state index is 6.32. The second kappa shape index (κ2) is 4.87.